The first-order chi connectivity index (χ1) is 9.78. The first-order valence-electron chi connectivity index (χ1n) is 8.10. The van der Waals surface area contributed by atoms with Crippen molar-refractivity contribution in [3.8, 4) is 0 Å². The molecule has 3 heteroatoms. The lowest BCUT2D eigenvalue weighted by Crippen LogP contribution is -2.47. The highest BCUT2D eigenvalue weighted by molar-refractivity contribution is 5.48. The lowest BCUT2D eigenvalue weighted by molar-refractivity contribution is 0.248. The van der Waals surface area contributed by atoms with Gasteiger partial charge < -0.3 is 10.2 Å². The predicted molar refractivity (Wildman–Crippen MR) is 85.3 cm³/mol. The van der Waals surface area contributed by atoms with Gasteiger partial charge in [0.2, 0.25) is 0 Å². The maximum absolute atomic E-state index is 3.47. The van der Waals surface area contributed by atoms with Gasteiger partial charge in [-0.05, 0) is 44.0 Å². The van der Waals surface area contributed by atoms with Crippen LogP contribution in [0.15, 0.2) is 24.3 Å². The molecule has 2 fully saturated rings. The molecule has 1 aliphatic carbocycles. The van der Waals surface area contributed by atoms with Crippen molar-refractivity contribution in [2.75, 3.05) is 37.6 Å². The van der Waals surface area contributed by atoms with Crippen molar-refractivity contribution in [2.24, 2.45) is 0 Å². The van der Waals surface area contributed by atoms with Crippen LogP contribution in [0.25, 0.3) is 0 Å². The van der Waals surface area contributed by atoms with Gasteiger partial charge in [-0.15, -0.1) is 0 Å². The summed E-state index contributed by atoms with van der Waals surface area (Å²) >= 11 is 0. The van der Waals surface area contributed by atoms with Crippen molar-refractivity contribution in [1.29, 1.82) is 0 Å². The van der Waals surface area contributed by atoms with E-state index in [1.54, 1.807) is 0 Å². The number of benzene rings is 1. The zero-order chi connectivity index (χ0) is 13.9. The molecule has 1 aromatic carbocycles. The Balaban J connectivity index is 1.57. The number of hydrogen-bond acceptors (Lipinski definition) is 3. The topological polar surface area (TPSA) is 18.5 Å². The Hall–Kier alpha value is -1.06. The van der Waals surface area contributed by atoms with E-state index in [4.69, 9.17) is 0 Å². The molecule has 1 heterocycles. The molecule has 1 saturated heterocycles. The summed E-state index contributed by atoms with van der Waals surface area (Å²) in [5.74, 6) is 0. The second kappa shape index (κ2) is 6.15. The number of hydrogen-bond donors (Lipinski definition) is 1. The van der Waals surface area contributed by atoms with Crippen LogP contribution in [-0.2, 0) is 0 Å². The first-order valence-corrected chi connectivity index (χ1v) is 8.10. The average Bonchev–Trinajstić information content (AvgIpc) is 3.33. The summed E-state index contributed by atoms with van der Waals surface area (Å²) in [6.45, 7) is 10.2. The number of nitrogens with zero attached hydrogens (tertiary/aromatic N) is 2. The largest absolute Gasteiger partial charge is 0.369 e. The van der Waals surface area contributed by atoms with Crippen molar-refractivity contribution >= 4 is 5.69 Å². The Morgan fingerprint density at radius 2 is 1.75 bits per heavy atom. The molecule has 0 bridgehead atoms. The average molecular weight is 273 g/mol. The molecule has 1 saturated carbocycles. The molecule has 0 amide bonds. The molecule has 0 radical (unpaired) electrons. The zero-order valence-electron chi connectivity index (χ0n) is 12.8. The number of nitrogens with one attached hydrogen (secondary N) is 1. The van der Waals surface area contributed by atoms with E-state index in [0.717, 1.165) is 12.6 Å². The van der Waals surface area contributed by atoms with Crippen LogP contribution in [0.4, 0.5) is 5.69 Å². The summed E-state index contributed by atoms with van der Waals surface area (Å²) in [7, 11) is 0. The summed E-state index contributed by atoms with van der Waals surface area (Å²) < 4.78 is 0. The van der Waals surface area contributed by atoms with E-state index >= 15 is 0 Å². The summed E-state index contributed by atoms with van der Waals surface area (Å²) in [6, 6.07) is 10.5. The van der Waals surface area contributed by atoms with Crippen LogP contribution in [0.2, 0.25) is 0 Å². The molecule has 2 aliphatic rings. The Morgan fingerprint density at radius 1 is 1.10 bits per heavy atom. The monoisotopic (exact) mass is 273 g/mol. The Labute approximate surface area is 123 Å². The van der Waals surface area contributed by atoms with Crippen molar-refractivity contribution in [3.05, 3.63) is 29.8 Å². The molecule has 1 atom stereocenters. The van der Waals surface area contributed by atoms with Gasteiger partial charge in [-0.1, -0.05) is 19.1 Å². The molecule has 0 spiro atoms. The Bertz CT molecular complexity index is 416. The van der Waals surface area contributed by atoms with Crippen LogP contribution in [0.5, 0.6) is 0 Å². The van der Waals surface area contributed by atoms with Crippen LogP contribution in [-0.4, -0.2) is 43.7 Å². The van der Waals surface area contributed by atoms with Crippen LogP contribution >= 0.6 is 0 Å². The number of piperazine rings is 1. The molecule has 3 rings (SSSR count). The molecular weight excluding hydrogens is 246 g/mol. The first kappa shape index (κ1) is 13.9. The molecular formula is C17H27N3. The number of anilines is 1. The van der Waals surface area contributed by atoms with Gasteiger partial charge in [0.15, 0.2) is 0 Å². The lowest BCUT2D eigenvalue weighted by Gasteiger charge is -2.36. The third-order valence-corrected chi connectivity index (χ3v) is 4.65. The van der Waals surface area contributed by atoms with Crippen LogP contribution in [0.3, 0.4) is 0 Å². The van der Waals surface area contributed by atoms with E-state index in [9.17, 15) is 0 Å². The molecule has 3 nitrogen and oxygen atoms in total. The molecule has 1 aliphatic heterocycles. The normalized spacial score (nSPS) is 22.0. The second-order valence-electron chi connectivity index (χ2n) is 6.13. The highest BCUT2D eigenvalue weighted by atomic mass is 15.3. The summed E-state index contributed by atoms with van der Waals surface area (Å²) in [6.07, 6.45) is 2.86. The predicted octanol–water partition coefficient (Wildman–Crippen LogP) is 2.64. The molecule has 1 N–H and O–H groups in total. The van der Waals surface area contributed by atoms with Crippen molar-refractivity contribution in [3.63, 3.8) is 0 Å². The molecule has 20 heavy (non-hydrogen) atoms. The summed E-state index contributed by atoms with van der Waals surface area (Å²) in [5.41, 5.74) is 2.76. The van der Waals surface area contributed by atoms with E-state index < -0.39 is 0 Å². The van der Waals surface area contributed by atoms with Gasteiger partial charge in [-0.3, -0.25) is 4.90 Å². The third kappa shape index (κ3) is 3.15. The van der Waals surface area contributed by atoms with Crippen molar-refractivity contribution in [1.82, 2.24) is 10.2 Å². The zero-order valence-corrected chi connectivity index (χ0v) is 12.8. The van der Waals surface area contributed by atoms with E-state index in [0.29, 0.717) is 6.04 Å². The molecule has 1 unspecified atom stereocenters. The van der Waals surface area contributed by atoms with Gasteiger partial charge >= 0.3 is 0 Å². The quantitative estimate of drug-likeness (QED) is 0.890. The van der Waals surface area contributed by atoms with Gasteiger partial charge in [0.1, 0.15) is 0 Å². The van der Waals surface area contributed by atoms with Gasteiger partial charge in [0.25, 0.3) is 0 Å². The van der Waals surface area contributed by atoms with Crippen LogP contribution < -0.4 is 10.2 Å². The van der Waals surface area contributed by atoms with E-state index in [-0.39, 0.29) is 0 Å². The van der Waals surface area contributed by atoms with E-state index in [2.05, 4.69) is 53.2 Å². The van der Waals surface area contributed by atoms with Gasteiger partial charge in [0.05, 0.1) is 0 Å². The van der Waals surface area contributed by atoms with Crippen LogP contribution in [0, 0.1) is 0 Å². The summed E-state index contributed by atoms with van der Waals surface area (Å²) in [4.78, 5) is 5.19. The number of rotatable bonds is 5. The van der Waals surface area contributed by atoms with Crippen LogP contribution in [0.1, 0.15) is 38.3 Å². The standard InChI is InChI=1S/C17H27N3/c1-3-18-14(2)15-4-6-16(7-5-15)19-10-12-20(13-11-19)17-8-9-17/h4-7,14,17-18H,3,8-13H2,1-2H3. The highest BCUT2D eigenvalue weighted by Gasteiger charge is 2.31. The maximum atomic E-state index is 3.47. The fourth-order valence-corrected chi connectivity index (χ4v) is 3.18. The van der Waals surface area contributed by atoms with E-state index in [1.165, 1.54) is 50.3 Å². The minimum atomic E-state index is 0.445. The minimum Gasteiger partial charge on any atom is -0.369 e. The molecule has 1 aromatic rings. The minimum absolute atomic E-state index is 0.445. The van der Waals surface area contributed by atoms with Gasteiger partial charge in [-0.2, -0.15) is 0 Å². The fraction of sp³-hybridized carbons (Fsp3) is 0.647. The van der Waals surface area contributed by atoms with E-state index in [1.807, 2.05) is 0 Å². The fourth-order valence-electron chi connectivity index (χ4n) is 3.18. The maximum Gasteiger partial charge on any atom is 0.0367 e. The van der Waals surface area contributed by atoms with Gasteiger partial charge in [0, 0.05) is 44.0 Å². The van der Waals surface area contributed by atoms with Gasteiger partial charge in [-0.25, -0.2) is 0 Å². The third-order valence-electron chi connectivity index (χ3n) is 4.65. The summed E-state index contributed by atoms with van der Waals surface area (Å²) in [5, 5.41) is 3.47. The molecule has 0 aromatic heterocycles. The Morgan fingerprint density at radius 3 is 2.30 bits per heavy atom. The smallest absolute Gasteiger partial charge is 0.0367 e. The SMILES string of the molecule is CCNC(C)c1ccc(N2CCN(C3CC3)CC2)cc1. The highest BCUT2D eigenvalue weighted by Crippen LogP contribution is 2.28. The lowest BCUT2D eigenvalue weighted by atomic mass is 10.1. The second-order valence-corrected chi connectivity index (χ2v) is 6.13. The molecule has 110 valence electrons. The van der Waals surface area contributed by atoms with Crippen molar-refractivity contribution in [2.45, 2.75) is 38.8 Å². The Kier molecular flexibility index (Phi) is 4.27. The van der Waals surface area contributed by atoms with Crippen molar-refractivity contribution < 1.29 is 0 Å².